The molecule has 0 aliphatic rings. The highest BCUT2D eigenvalue weighted by molar-refractivity contribution is 5.76. The minimum atomic E-state index is -0.867. The second-order valence-electron chi connectivity index (χ2n) is 13.8. The maximum Gasteiger partial charge on any atom is 0.382 e. The second kappa shape index (κ2) is 24.5. The molecule has 0 fully saturated rings. The molecule has 63 heavy (non-hydrogen) atoms. The van der Waals surface area contributed by atoms with Crippen LogP contribution in [-0.2, 0) is 34.0 Å². The van der Waals surface area contributed by atoms with Crippen LogP contribution in [0.25, 0.3) is 0 Å². The van der Waals surface area contributed by atoms with Crippen LogP contribution >= 0.6 is 0 Å². The molecule has 9 N–H and O–H groups in total. The Morgan fingerprint density at radius 3 is 0.952 bits per heavy atom. The molecule has 0 spiro atoms. The maximum atomic E-state index is 13.5. The van der Waals surface area contributed by atoms with Crippen LogP contribution in [0, 0.1) is 0 Å². The Bertz CT molecular complexity index is 2240. The third kappa shape index (κ3) is 15.7. The minimum Gasteiger partial charge on any atom is -0.424 e. The lowest BCUT2D eigenvalue weighted by molar-refractivity contribution is -0.121. The van der Waals surface area contributed by atoms with Gasteiger partial charge in [-0.15, -0.1) is 14.2 Å². The molecule has 4 rings (SSSR count). The number of nitrogens with zero attached hydrogens (tertiary/aromatic N) is 9. The Morgan fingerprint density at radius 2 is 0.698 bits per heavy atom. The van der Waals surface area contributed by atoms with E-state index in [0.29, 0.717) is 33.5 Å². The molecule has 27 heteroatoms. The molecular formula is C36H51N15O12. The molecule has 0 aliphatic heterocycles. The average molecular weight is 886 g/mol. The van der Waals surface area contributed by atoms with E-state index in [1.54, 1.807) is 0 Å². The van der Waals surface area contributed by atoms with Gasteiger partial charge in [0.2, 0.25) is 17.7 Å². The van der Waals surface area contributed by atoms with Crippen molar-refractivity contribution in [2.45, 2.75) is 77.4 Å². The molecule has 27 nitrogen and oxygen atoms in total. The summed E-state index contributed by atoms with van der Waals surface area (Å²) in [6, 6.07) is 4.13. The number of hydrogen-bond donors (Lipinski definition) is 9. The van der Waals surface area contributed by atoms with E-state index in [1.807, 2.05) is 0 Å². The van der Waals surface area contributed by atoms with Gasteiger partial charge in [-0.05, 0) is 38.5 Å². The Labute approximate surface area is 356 Å². The molecule has 0 aromatic carbocycles. The zero-order valence-corrected chi connectivity index (χ0v) is 34.2. The molecule has 0 radical (unpaired) electrons. The zero-order chi connectivity index (χ0) is 45.7. The van der Waals surface area contributed by atoms with Gasteiger partial charge < -0.3 is 47.5 Å². The summed E-state index contributed by atoms with van der Waals surface area (Å²) >= 11 is 0. The highest BCUT2D eigenvalue weighted by atomic mass is 16.5. The first-order valence-electron chi connectivity index (χ1n) is 20.1. The molecule has 0 atom stereocenters. The lowest BCUT2D eigenvalue weighted by Gasteiger charge is -2.14. The van der Waals surface area contributed by atoms with Gasteiger partial charge in [0.05, 0.1) is 18.6 Å². The molecule has 342 valence electrons. The Morgan fingerprint density at radius 1 is 0.429 bits per heavy atom. The number of rotatable bonds is 27. The molecule has 0 saturated heterocycles. The van der Waals surface area contributed by atoms with E-state index >= 15 is 0 Å². The first-order chi connectivity index (χ1) is 30.2. The fraction of sp³-hybridized carbons (Fsp3) is 0.500. The van der Waals surface area contributed by atoms with Crippen molar-refractivity contribution >= 4 is 35.2 Å². The van der Waals surface area contributed by atoms with E-state index in [1.165, 1.54) is 18.2 Å². The Balaban J connectivity index is 1.27. The fourth-order valence-corrected chi connectivity index (χ4v) is 5.85. The normalized spacial score (nSPS) is 10.9. The molecule has 0 bridgehead atoms. The Hall–Kier alpha value is -7.74. The van der Waals surface area contributed by atoms with E-state index in [9.17, 15) is 58.8 Å². The lowest BCUT2D eigenvalue weighted by atomic mass is 10.2. The number of unbranched alkanes of at least 4 members (excludes halogenated alkanes) is 3. The quantitative estimate of drug-likeness (QED) is 0.0210. The van der Waals surface area contributed by atoms with E-state index in [2.05, 4.69) is 46.9 Å². The van der Waals surface area contributed by atoms with Crippen LogP contribution in [0.2, 0.25) is 0 Å². The molecule has 0 aliphatic carbocycles. The number of aromatic nitrogens is 9. The molecule has 4 aromatic heterocycles. The van der Waals surface area contributed by atoms with Crippen molar-refractivity contribution in [3.05, 3.63) is 99.7 Å². The van der Waals surface area contributed by atoms with Crippen LogP contribution < -0.4 is 66.0 Å². The van der Waals surface area contributed by atoms with E-state index in [0.717, 1.165) is 32.3 Å². The van der Waals surface area contributed by atoms with Crippen LogP contribution in [0.15, 0.2) is 65.6 Å². The largest absolute Gasteiger partial charge is 0.424 e. The van der Waals surface area contributed by atoms with Crippen molar-refractivity contribution in [1.82, 2.24) is 58.8 Å². The molecular weight excluding hydrogens is 834 g/mol. The predicted octanol–water partition coefficient (Wildman–Crippen LogP) is -3.25. The summed E-state index contributed by atoms with van der Waals surface area (Å²) < 4.78 is 3.78. The number of nitrogens with one attached hydrogen (secondary N) is 6. The molecule has 4 aromatic rings. The summed E-state index contributed by atoms with van der Waals surface area (Å²) in [5.74, 6) is -0.264. The summed E-state index contributed by atoms with van der Waals surface area (Å²) in [4.78, 5) is 123. The fourth-order valence-electron chi connectivity index (χ4n) is 5.85. The van der Waals surface area contributed by atoms with E-state index < -0.39 is 34.1 Å². The highest BCUT2D eigenvalue weighted by Crippen LogP contribution is 2.02. The summed E-state index contributed by atoms with van der Waals surface area (Å²) in [7, 11) is 0. The van der Waals surface area contributed by atoms with Crippen LogP contribution in [0.5, 0.6) is 0 Å². The van der Waals surface area contributed by atoms with Gasteiger partial charge in [0, 0.05) is 96.4 Å². The van der Waals surface area contributed by atoms with Crippen molar-refractivity contribution in [2.24, 2.45) is 0 Å². The van der Waals surface area contributed by atoms with Gasteiger partial charge in [0.25, 0.3) is 0 Å². The van der Waals surface area contributed by atoms with Crippen molar-refractivity contribution in [3.63, 3.8) is 0 Å². The van der Waals surface area contributed by atoms with Crippen LogP contribution in [0.1, 0.15) is 57.8 Å². The van der Waals surface area contributed by atoms with E-state index in [-0.39, 0.29) is 133 Å². The van der Waals surface area contributed by atoms with Crippen molar-refractivity contribution in [2.75, 3.05) is 55.2 Å². The van der Waals surface area contributed by atoms with Gasteiger partial charge in [0.15, 0.2) is 0 Å². The van der Waals surface area contributed by atoms with Crippen molar-refractivity contribution in [1.29, 1.82) is 0 Å². The van der Waals surface area contributed by atoms with E-state index in [4.69, 9.17) is 0 Å². The third-order valence-electron chi connectivity index (χ3n) is 9.11. The van der Waals surface area contributed by atoms with Gasteiger partial charge >= 0.3 is 34.1 Å². The second-order valence-corrected chi connectivity index (χ2v) is 13.8. The van der Waals surface area contributed by atoms with Gasteiger partial charge in [0.1, 0.15) is 17.5 Å². The monoisotopic (exact) mass is 885 g/mol. The molecule has 0 saturated carbocycles. The predicted molar refractivity (Wildman–Crippen MR) is 222 cm³/mol. The van der Waals surface area contributed by atoms with Crippen LogP contribution in [0.3, 0.4) is 0 Å². The van der Waals surface area contributed by atoms with Crippen molar-refractivity contribution in [3.8, 4) is 0 Å². The number of hydrogen-bond acceptors (Lipinski definition) is 18. The number of amides is 3. The van der Waals surface area contributed by atoms with Crippen LogP contribution in [-0.4, -0.2) is 115 Å². The highest BCUT2D eigenvalue weighted by Gasteiger charge is 2.16. The van der Waals surface area contributed by atoms with Gasteiger partial charge in [-0.2, -0.15) is 15.0 Å². The number of carbonyl (C=O) groups is 3. The molecule has 0 unspecified atom stereocenters. The first-order valence-corrected chi connectivity index (χ1v) is 20.1. The standard InChI is InChI=1S/C36H51N15O12/c52-28(40-16-13-37-25-10-22-49(61)31(55)43-25)7-1-4-19-46-34(58)47(20-5-2-8-29(53)41-17-14-38-26-11-23-50(62)32(56)44-26)36(60)48(35(46)59)21-6-3-9-30(54)42-18-15-39-27-12-24-51(63)33(57)45-27/h10-12,22-24,61-63H,1-9,13-21H2,(H,40,52)(H,41,53)(H,42,54)(H,37,43,55)(H,38,44,56)(H,39,45,57). The molecule has 3 amide bonds. The smallest absolute Gasteiger partial charge is 0.382 e. The summed E-state index contributed by atoms with van der Waals surface area (Å²) in [6.07, 6.45) is 5.18. The van der Waals surface area contributed by atoms with Gasteiger partial charge in [-0.1, -0.05) is 0 Å². The maximum absolute atomic E-state index is 13.5. The zero-order valence-electron chi connectivity index (χ0n) is 34.2. The number of carbonyl (C=O) groups excluding carboxylic acids is 3. The van der Waals surface area contributed by atoms with Gasteiger partial charge in [-0.25, -0.2) is 42.5 Å². The Kier molecular flexibility index (Phi) is 18.6. The SMILES string of the molecule is O=C(CCCCn1c(=O)n(CCCCC(=O)NCCNc2ccn(O)c(=O)n2)c(=O)n(CCCCC(=O)NCCNc2ccn(O)c(=O)n2)c1=O)NCCNc1ccn(O)c(=O)n1. The lowest BCUT2D eigenvalue weighted by Crippen LogP contribution is -2.54. The van der Waals surface area contributed by atoms with Gasteiger partial charge in [-0.3, -0.25) is 14.4 Å². The first kappa shape index (κ1) is 47.9. The summed E-state index contributed by atoms with van der Waals surface area (Å²) in [5.41, 5.74) is -5.11. The summed E-state index contributed by atoms with van der Waals surface area (Å²) in [5, 5.41) is 44.3. The number of anilines is 3. The minimum absolute atomic E-state index is 0.0689. The van der Waals surface area contributed by atoms with Crippen molar-refractivity contribution < 1.29 is 30.0 Å². The molecule has 4 heterocycles. The van der Waals surface area contributed by atoms with Crippen LogP contribution in [0.4, 0.5) is 17.5 Å². The average Bonchev–Trinajstić information content (AvgIpc) is 3.25. The third-order valence-corrected chi connectivity index (χ3v) is 9.11. The topological polar surface area (TPSA) is 355 Å². The summed E-state index contributed by atoms with van der Waals surface area (Å²) in [6.45, 7) is 1.03.